The van der Waals surface area contributed by atoms with Crippen molar-refractivity contribution in [2.45, 2.75) is 18.8 Å². The highest BCUT2D eigenvalue weighted by Gasteiger charge is 2.46. The summed E-state index contributed by atoms with van der Waals surface area (Å²) in [4.78, 5) is 14.0. The van der Waals surface area contributed by atoms with E-state index in [0.29, 0.717) is 10.0 Å². The number of nitrogens with zero attached hydrogens (tertiary/aromatic N) is 1. The molecule has 4 nitrogen and oxygen atoms in total. The second kappa shape index (κ2) is 5.80. The highest BCUT2D eigenvalue weighted by molar-refractivity contribution is 6.35. The third-order valence-corrected chi connectivity index (χ3v) is 4.67. The Labute approximate surface area is 145 Å². The number of carbonyl (C=O) groups excluding carboxylic acids is 1. The van der Waals surface area contributed by atoms with Crippen LogP contribution in [0, 0.1) is 0 Å². The quantitative estimate of drug-likeness (QED) is 0.875. The number of hydrogen-bond acceptors (Lipinski definition) is 3. The minimum Gasteiger partial charge on any atom is -0.316 e. The van der Waals surface area contributed by atoms with E-state index < -0.39 is 11.8 Å². The molecule has 1 aliphatic rings. The summed E-state index contributed by atoms with van der Waals surface area (Å²) >= 11 is 12.2. The average molecular weight is 350 g/mol. The summed E-state index contributed by atoms with van der Waals surface area (Å²) in [7, 11) is 1.69. The number of nitrogens with one attached hydrogen (secondary N) is 1. The number of amides is 1. The molecular formula is C17H17Cl2N3O. The van der Waals surface area contributed by atoms with Crippen LogP contribution in [-0.2, 0) is 10.3 Å². The molecule has 1 amide bonds. The van der Waals surface area contributed by atoms with E-state index in [-0.39, 0.29) is 5.91 Å². The Morgan fingerprint density at radius 2 is 1.78 bits per heavy atom. The molecule has 6 heteroatoms. The fourth-order valence-electron chi connectivity index (χ4n) is 2.87. The molecule has 2 unspecified atom stereocenters. The summed E-state index contributed by atoms with van der Waals surface area (Å²) in [5, 5.41) is 4.29. The van der Waals surface area contributed by atoms with Gasteiger partial charge < -0.3 is 4.90 Å². The van der Waals surface area contributed by atoms with Gasteiger partial charge in [-0.3, -0.25) is 15.8 Å². The van der Waals surface area contributed by atoms with Crippen molar-refractivity contribution in [3.8, 4) is 11.1 Å². The number of benzene rings is 2. The molecule has 0 aliphatic carbocycles. The predicted octanol–water partition coefficient (Wildman–Crippen LogP) is 3.18. The first-order valence-electron chi connectivity index (χ1n) is 7.19. The lowest BCUT2D eigenvalue weighted by Gasteiger charge is -2.23. The van der Waals surface area contributed by atoms with Gasteiger partial charge in [0.15, 0.2) is 0 Å². The highest BCUT2D eigenvalue weighted by atomic mass is 35.5. The first-order valence-corrected chi connectivity index (χ1v) is 7.94. The number of nitrogens with two attached hydrogens (primary N) is 1. The van der Waals surface area contributed by atoms with Crippen LogP contribution in [0.3, 0.4) is 0 Å². The number of rotatable bonds is 2. The van der Waals surface area contributed by atoms with Gasteiger partial charge in [-0.05, 0) is 47.9 Å². The Morgan fingerprint density at radius 1 is 1.13 bits per heavy atom. The molecule has 2 aromatic rings. The van der Waals surface area contributed by atoms with Gasteiger partial charge in [-0.25, -0.2) is 0 Å². The monoisotopic (exact) mass is 349 g/mol. The van der Waals surface area contributed by atoms with Crippen LogP contribution in [0.1, 0.15) is 12.5 Å². The molecule has 0 spiro atoms. The van der Waals surface area contributed by atoms with E-state index in [2.05, 4.69) is 5.32 Å². The fraction of sp³-hybridized carbons (Fsp3) is 0.235. The molecule has 2 atom stereocenters. The topological polar surface area (TPSA) is 58.4 Å². The molecule has 3 N–H and O–H groups in total. The zero-order valence-electron chi connectivity index (χ0n) is 12.8. The summed E-state index contributed by atoms with van der Waals surface area (Å²) < 4.78 is 0. The maximum Gasteiger partial charge on any atom is 0.249 e. The number of likely N-dealkylation sites (N-methyl/N-ethyl adjacent to an activating group) is 1. The average Bonchev–Trinajstić information content (AvgIpc) is 2.71. The Hall–Kier alpha value is -1.59. The van der Waals surface area contributed by atoms with E-state index in [9.17, 15) is 4.79 Å². The van der Waals surface area contributed by atoms with Gasteiger partial charge in [-0.1, -0.05) is 41.4 Å². The molecule has 2 aromatic carbocycles. The number of carbonyl (C=O) groups is 1. The maximum absolute atomic E-state index is 12.5. The maximum atomic E-state index is 12.5. The largest absolute Gasteiger partial charge is 0.316 e. The van der Waals surface area contributed by atoms with Crippen molar-refractivity contribution in [2.75, 3.05) is 7.05 Å². The second-order valence-electron chi connectivity index (χ2n) is 5.87. The van der Waals surface area contributed by atoms with Crippen molar-refractivity contribution < 1.29 is 4.79 Å². The van der Waals surface area contributed by atoms with Crippen LogP contribution in [0.15, 0.2) is 42.5 Å². The molecule has 0 bridgehead atoms. The molecule has 1 saturated heterocycles. The molecule has 1 aliphatic heterocycles. The van der Waals surface area contributed by atoms with Gasteiger partial charge in [0.05, 0.1) is 0 Å². The number of hydrogen-bond donors (Lipinski definition) is 2. The van der Waals surface area contributed by atoms with Crippen LogP contribution < -0.4 is 11.1 Å². The predicted molar refractivity (Wildman–Crippen MR) is 93.1 cm³/mol. The van der Waals surface area contributed by atoms with Gasteiger partial charge >= 0.3 is 0 Å². The third-order valence-electron chi connectivity index (χ3n) is 4.24. The van der Waals surface area contributed by atoms with Crippen molar-refractivity contribution in [2.24, 2.45) is 5.73 Å². The van der Waals surface area contributed by atoms with Crippen LogP contribution in [0.25, 0.3) is 11.1 Å². The van der Waals surface area contributed by atoms with E-state index in [1.165, 1.54) is 4.90 Å². The molecular weight excluding hydrogens is 333 g/mol. The molecule has 120 valence electrons. The van der Waals surface area contributed by atoms with E-state index in [1.54, 1.807) is 13.1 Å². The van der Waals surface area contributed by atoms with Gasteiger partial charge in [0.2, 0.25) is 5.91 Å². The van der Waals surface area contributed by atoms with Crippen molar-refractivity contribution in [3.05, 3.63) is 58.1 Å². The zero-order chi connectivity index (χ0) is 16.8. The molecule has 3 rings (SSSR count). The summed E-state index contributed by atoms with van der Waals surface area (Å²) in [6, 6.07) is 13.1. The molecule has 1 heterocycles. The third kappa shape index (κ3) is 2.83. The first-order chi connectivity index (χ1) is 10.8. The molecule has 23 heavy (non-hydrogen) atoms. The first kappa shape index (κ1) is 16.3. The van der Waals surface area contributed by atoms with Crippen LogP contribution >= 0.6 is 23.2 Å². The molecule has 0 saturated carbocycles. The normalized spacial score (nSPS) is 24.3. The van der Waals surface area contributed by atoms with E-state index >= 15 is 0 Å². The van der Waals surface area contributed by atoms with Crippen molar-refractivity contribution in [3.63, 3.8) is 0 Å². The highest BCUT2D eigenvalue weighted by Crippen LogP contribution is 2.33. The van der Waals surface area contributed by atoms with E-state index in [4.69, 9.17) is 28.9 Å². The smallest absolute Gasteiger partial charge is 0.249 e. The Kier molecular flexibility index (Phi) is 4.10. The Balaban J connectivity index is 2.05. The standard InChI is InChI=1S/C17H17Cl2N3O/c1-17(15(23)22(2)16(20)21-17)12-5-3-4-10(6-12)11-7-13(18)9-14(19)8-11/h3-9,16,21H,20H2,1-2H3. The van der Waals surface area contributed by atoms with Gasteiger partial charge in [0.1, 0.15) is 11.8 Å². The zero-order valence-corrected chi connectivity index (χ0v) is 14.3. The SMILES string of the molecule is CN1C(=O)C(C)(c2cccc(-c3cc(Cl)cc(Cl)c3)c2)NC1N. The summed E-state index contributed by atoms with van der Waals surface area (Å²) in [6.07, 6.45) is -0.503. The van der Waals surface area contributed by atoms with Crippen molar-refractivity contribution in [1.29, 1.82) is 0 Å². The number of halogens is 2. The van der Waals surface area contributed by atoms with Crippen molar-refractivity contribution >= 4 is 29.1 Å². The lowest BCUT2D eigenvalue weighted by molar-refractivity contribution is -0.131. The lowest BCUT2D eigenvalue weighted by Crippen LogP contribution is -2.45. The van der Waals surface area contributed by atoms with Crippen LogP contribution in [0.2, 0.25) is 10.0 Å². The van der Waals surface area contributed by atoms with Gasteiger partial charge in [-0.2, -0.15) is 0 Å². The lowest BCUT2D eigenvalue weighted by atomic mass is 9.89. The Bertz CT molecular complexity index is 760. The molecule has 0 radical (unpaired) electrons. The van der Waals surface area contributed by atoms with Crippen LogP contribution in [0.4, 0.5) is 0 Å². The van der Waals surface area contributed by atoms with Crippen LogP contribution in [0.5, 0.6) is 0 Å². The summed E-state index contributed by atoms with van der Waals surface area (Å²) in [6.45, 7) is 1.84. The second-order valence-corrected chi connectivity index (χ2v) is 6.74. The minimum absolute atomic E-state index is 0.0636. The minimum atomic E-state index is -0.855. The van der Waals surface area contributed by atoms with Gasteiger partial charge in [0.25, 0.3) is 0 Å². The summed E-state index contributed by atoms with van der Waals surface area (Å²) in [5.41, 5.74) is 7.75. The van der Waals surface area contributed by atoms with Crippen molar-refractivity contribution in [1.82, 2.24) is 10.2 Å². The van der Waals surface area contributed by atoms with Gasteiger partial charge in [-0.15, -0.1) is 0 Å². The van der Waals surface area contributed by atoms with E-state index in [1.807, 2.05) is 43.3 Å². The molecule has 1 fully saturated rings. The van der Waals surface area contributed by atoms with Crippen LogP contribution in [-0.4, -0.2) is 24.1 Å². The summed E-state index contributed by atoms with van der Waals surface area (Å²) in [5.74, 6) is -0.0636. The Morgan fingerprint density at radius 3 is 2.35 bits per heavy atom. The van der Waals surface area contributed by atoms with Gasteiger partial charge in [0, 0.05) is 17.1 Å². The van der Waals surface area contributed by atoms with E-state index in [0.717, 1.165) is 16.7 Å². The molecule has 0 aromatic heterocycles. The fourth-order valence-corrected chi connectivity index (χ4v) is 3.40.